The van der Waals surface area contributed by atoms with Crippen molar-refractivity contribution in [2.45, 2.75) is 0 Å². The van der Waals surface area contributed by atoms with Crippen LogP contribution in [0.5, 0.6) is 0 Å². The van der Waals surface area contributed by atoms with Gasteiger partial charge in [0.2, 0.25) is 5.90 Å². The Labute approximate surface area is 166 Å². The van der Waals surface area contributed by atoms with Gasteiger partial charge in [0.1, 0.15) is 11.5 Å². The Morgan fingerprint density at radius 1 is 0.923 bits per heavy atom. The van der Waals surface area contributed by atoms with Crippen LogP contribution in [0.2, 0.25) is 0 Å². The third-order valence-corrected chi connectivity index (χ3v) is 4.98. The molecule has 0 radical (unpaired) electrons. The zero-order valence-corrected chi connectivity index (χ0v) is 16.5. The van der Waals surface area contributed by atoms with Crippen LogP contribution in [0.1, 0.15) is 11.3 Å². The van der Waals surface area contributed by atoms with Crippen molar-refractivity contribution in [2.75, 3.05) is 0 Å². The van der Waals surface area contributed by atoms with E-state index in [1.54, 1.807) is 12.1 Å². The van der Waals surface area contributed by atoms with Gasteiger partial charge in [-0.2, -0.15) is 0 Å². The molecule has 4 rings (SSSR count). The summed E-state index contributed by atoms with van der Waals surface area (Å²) in [6.07, 6.45) is 1.58. The van der Waals surface area contributed by atoms with E-state index in [1.165, 1.54) is 0 Å². The van der Waals surface area contributed by atoms with Crippen LogP contribution in [0.4, 0.5) is 0 Å². The Morgan fingerprint density at radius 3 is 2.46 bits per heavy atom. The Balaban J connectivity index is 1.63. The maximum Gasteiger partial charge on any atom is 0.363 e. The lowest BCUT2D eigenvalue weighted by molar-refractivity contribution is -0.129. The van der Waals surface area contributed by atoms with Gasteiger partial charge < -0.3 is 9.15 Å². The highest BCUT2D eigenvalue weighted by Crippen LogP contribution is 2.27. The molecule has 0 atom stereocenters. The molecule has 0 unspecified atom stereocenters. The fourth-order valence-corrected chi connectivity index (χ4v) is 3.21. The van der Waals surface area contributed by atoms with Crippen molar-refractivity contribution in [3.8, 4) is 11.3 Å². The number of benzene rings is 2. The zero-order valence-electron chi connectivity index (χ0n) is 13.3. The second-order valence-electron chi connectivity index (χ2n) is 5.52. The molecule has 0 saturated carbocycles. The number of ether oxygens (including phenoxy) is 1. The number of carbonyl (C=O) groups is 1. The number of hydrogen-bond donors (Lipinski definition) is 0. The van der Waals surface area contributed by atoms with Gasteiger partial charge in [0.05, 0.1) is 5.56 Å². The first-order chi connectivity index (χ1) is 12.6. The summed E-state index contributed by atoms with van der Waals surface area (Å²) in [5, 5.41) is 0. The number of halogens is 2. The van der Waals surface area contributed by atoms with Gasteiger partial charge in [-0.25, -0.2) is 9.79 Å². The normalized spacial score (nSPS) is 15.2. The number of carbonyl (C=O) groups excluding carboxylic acids is 1. The molecule has 3 aromatic rings. The van der Waals surface area contributed by atoms with Crippen LogP contribution in [0.3, 0.4) is 0 Å². The molecule has 1 aliphatic heterocycles. The Bertz CT molecular complexity index is 1050. The first kappa shape index (κ1) is 17.0. The monoisotopic (exact) mass is 471 g/mol. The van der Waals surface area contributed by atoms with Crippen molar-refractivity contribution in [1.82, 2.24) is 0 Å². The van der Waals surface area contributed by atoms with Gasteiger partial charge in [0.25, 0.3) is 0 Å². The minimum atomic E-state index is -0.502. The summed E-state index contributed by atoms with van der Waals surface area (Å²) < 4.78 is 12.9. The minimum Gasteiger partial charge on any atom is -0.457 e. The number of rotatable bonds is 3. The molecule has 0 fully saturated rings. The van der Waals surface area contributed by atoms with Crippen LogP contribution in [-0.4, -0.2) is 11.9 Å². The summed E-state index contributed by atoms with van der Waals surface area (Å²) >= 11 is 6.84. The van der Waals surface area contributed by atoms with Gasteiger partial charge in [-0.1, -0.05) is 40.2 Å². The van der Waals surface area contributed by atoms with Crippen LogP contribution in [-0.2, 0) is 9.53 Å². The first-order valence-electron chi connectivity index (χ1n) is 7.73. The average molecular weight is 473 g/mol. The lowest BCUT2D eigenvalue weighted by atomic mass is 10.2. The predicted octanol–water partition coefficient (Wildman–Crippen LogP) is 5.82. The molecule has 6 heteroatoms. The number of aliphatic imine (C=N–C) groups is 1. The Morgan fingerprint density at radius 2 is 1.69 bits per heavy atom. The molecule has 2 aromatic carbocycles. The fraction of sp³-hybridized carbons (Fsp3) is 0. The lowest BCUT2D eigenvalue weighted by Gasteiger charge is -2.01. The maximum absolute atomic E-state index is 12.1. The van der Waals surface area contributed by atoms with Crippen molar-refractivity contribution in [3.63, 3.8) is 0 Å². The van der Waals surface area contributed by atoms with Gasteiger partial charge in [0.15, 0.2) is 5.70 Å². The molecule has 0 spiro atoms. The van der Waals surface area contributed by atoms with Crippen LogP contribution in [0.15, 0.2) is 84.7 Å². The quantitative estimate of drug-likeness (QED) is 0.356. The summed E-state index contributed by atoms with van der Waals surface area (Å²) in [7, 11) is 0. The molecule has 1 aliphatic rings. The molecule has 0 amide bonds. The van der Waals surface area contributed by atoms with E-state index in [4.69, 9.17) is 9.15 Å². The molecular weight excluding hydrogens is 462 g/mol. The molecule has 0 aliphatic carbocycles. The second-order valence-corrected chi connectivity index (χ2v) is 7.29. The molecule has 0 saturated heterocycles. The van der Waals surface area contributed by atoms with E-state index >= 15 is 0 Å². The average Bonchev–Trinajstić information content (AvgIpc) is 3.24. The second kappa shape index (κ2) is 7.05. The van der Waals surface area contributed by atoms with E-state index < -0.39 is 5.97 Å². The predicted molar refractivity (Wildman–Crippen MR) is 107 cm³/mol. The van der Waals surface area contributed by atoms with E-state index in [-0.39, 0.29) is 11.6 Å². The number of furan rings is 1. The van der Waals surface area contributed by atoms with Crippen LogP contribution < -0.4 is 0 Å². The van der Waals surface area contributed by atoms with Gasteiger partial charge in [-0.3, -0.25) is 0 Å². The van der Waals surface area contributed by atoms with Crippen LogP contribution in [0, 0.1) is 0 Å². The van der Waals surface area contributed by atoms with Gasteiger partial charge >= 0.3 is 5.97 Å². The molecule has 0 N–H and O–H groups in total. The number of cyclic esters (lactones) is 1. The SMILES string of the molecule is O=C1OC(c2ccccc2Br)=N/C1=C\c1ccc(-c2ccc(Br)cc2)o1. The Hall–Kier alpha value is -2.44. The van der Waals surface area contributed by atoms with Gasteiger partial charge in [0, 0.05) is 20.6 Å². The number of hydrogen-bond acceptors (Lipinski definition) is 4. The molecule has 26 heavy (non-hydrogen) atoms. The first-order valence-corrected chi connectivity index (χ1v) is 9.32. The summed E-state index contributed by atoms with van der Waals surface area (Å²) in [5.41, 5.74) is 1.87. The van der Waals surface area contributed by atoms with E-state index in [2.05, 4.69) is 36.9 Å². The van der Waals surface area contributed by atoms with E-state index in [0.717, 1.165) is 20.1 Å². The third kappa shape index (κ3) is 3.43. The smallest absolute Gasteiger partial charge is 0.363 e. The molecule has 0 bridgehead atoms. The topological polar surface area (TPSA) is 51.8 Å². The van der Waals surface area contributed by atoms with Gasteiger partial charge in [-0.05, 0) is 52.3 Å². The molecule has 128 valence electrons. The molecule has 2 heterocycles. The van der Waals surface area contributed by atoms with E-state index in [1.807, 2.05) is 54.6 Å². The zero-order chi connectivity index (χ0) is 18.1. The highest BCUT2D eigenvalue weighted by atomic mass is 79.9. The minimum absolute atomic E-state index is 0.201. The fourth-order valence-electron chi connectivity index (χ4n) is 2.49. The van der Waals surface area contributed by atoms with E-state index in [9.17, 15) is 4.79 Å². The molecular formula is C20H11Br2NO3. The lowest BCUT2D eigenvalue weighted by Crippen LogP contribution is -2.05. The summed E-state index contributed by atoms with van der Waals surface area (Å²) in [6.45, 7) is 0. The number of nitrogens with zero attached hydrogens (tertiary/aromatic N) is 1. The van der Waals surface area contributed by atoms with Gasteiger partial charge in [-0.15, -0.1) is 0 Å². The summed E-state index contributed by atoms with van der Waals surface area (Å²) in [4.78, 5) is 16.4. The standard InChI is InChI=1S/C20H11Br2NO3/c21-13-7-5-12(6-8-13)18-10-9-14(25-18)11-17-20(24)26-19(23-17)15-3-1-2-4-16(15)22/h1-11H/b17-11-. The van der Waals surface area contributed by atoms with Crippen molar-refractivity contribution in [3.05, 3.63) is 86.6 Å². The summed E-state index contributed by atoms with van der Waals surface area (Å²) in [6, 6.07) is 18.9. The molecule has 1 aromatic heterocycles. The highest BCUT2D eigenvalue weighted by Gasteiger charge is 2.25. The van der Waals surface area contributed by atoms with E-state index in [0.29, 0.717) is 11.5 Å². The van der Waals surface area contributed by atoms with Crippen molar-refractivity contribution >= 4 is 49.8 Å². The number of esters is 1. The van der Waals surface area contributed by atoms with Crippen LogP contribution in [0.25, 0.3) is 17.4 Å². The maximum atomic E-state index is 12.1. The summed E-state index contributed by atoms with van der Waals surface area (Å²) in [5.74, 6) is 1.02. The molecule has 4 nitrogen and oxygen atoms in total. The van der Waals surface area contributed by atoms with Crippen LogP contribution >= 0.6 is 31.9 Å². The third-order valence-electron chi connectivity index (χ3n) is 3.76. The van der Waals surface area contributed by atoms with Crippen molar-refractivity contribution in [2.24, 2.45) is 4.99 Å². The van der Waals surface area contributed by atoms with Crippen molar-refractivity contribution < 1.29 is 13.9 Å². The highest BCUT2D eigenvalue weighted by molar-refractivity contribution is 9.10. The van der Waals surface area contributed by atoms with Crippen molar-refractivity contribution in [1.29, 1.82) is 0 Å². The largest absolute Gasteiger partial charge is 0.457 e. The Kier molecular flexibility index (Phi) is 4.61.